The Kier molecular flexibility index (Phi) is 3.26. The Hall–Kier alpha value is -1.45. The van der Waals surface area contributed by atoms with Crippen LogP contribution in [0.4, 0.5) is 0 Å². The molecule has 1 aliphatic heterocycles. The first-order valence-corrected chi connectivity index (χ1v) is 6.58. The summed E-state index contributed by atoms with van der Waals surface area (Å²) in [5.74, 6) is 0. The summed E-state index contributed by atoms with van der Waals surface area (Å²) in [4.78, 5) is 7.01. The van der Waals surface area contributed by atoms with Crippen LogP contribution >= 0.6 is 0 Å². The molecule has 18 heavy (non-hydrogen) atoms. The van der Waals surface area contributed by atoms with E-state index in [9.17, 15) is 0 Å². The topological polar surface area (TPSA) is 28.2 Å². The van der Waals surface area contributed by atoms with Gasteiger partial charge in [-0.1, -0.05) is 24.3 Å². The Morgan fingerprint density at radius 1 is 1.33 bits per heavy atom. The second-order valence-electron chi connectivity index (χ2n) is 5.02. The molecule has 3 heteroatoms. The second kappa shape index (κ2) is 5.04. The van der Waals surface area contributed by atoms with E-state index in [2.05, 4.69) is 52.6 Å². The SMILES string of the molecule is CN1CCNCC1Cc1nccc2ccccc12. The van der Waals surface area contributed by atoms with Crippen LogP contribution in [0.15, 0.2) is 36.5 Å². The van der Waals surface area contributed by atoms with Crippen molar-refractivity contribution in [3.63, 3.8) is 0 Å². The lowest BCUT2D eigenvalue weighted by Gasteiger charge is -2.33. The fourth-order valence-corrected chi connectivity index (χ4v) is 2.66. The Morgan fingerprint density at radius 3 is 3.11 bits per heavy atom. The van der Waals surface area contributed by atoms with Crippen molar-refractivity contribution in [2.75, 3.05) is 26.7 Å². The molecule has 1 N–H and O–H groups in total. The summed E-state index contributed by atoms with van der Waals surface area (Å²) in [7, 11) is 2.20. The molecule has 1 unspecified atom stereocenters. The lowest BCUT2D eigenvalue weighted by Crippen LogP contribution is -2.50. The van der Waals surface area contributed by atoms with Crippen molar-refractivity contribution in [2.45, 2.75) is 12.5 Å². The first-order valence-electron chi connectivity index (χ1n) is 6.58. The third kappa shape index (κ3) is 2.24. The lowest BCUT2D eigenvalue weighted by molar-refractivity contribution is 0.198. The van der Waals surface area contributed by atoms with Crippen molar-refractivity contribution in [1.82, 2.24) is 15.2 Å². The molecule has 3 nitrogen and oxygen atoms in total. The number of likely N-dealkylation sites (N-methyl/N-ethyl adjacent to an activating group) is 1. The third-order valence-corrected chi connectivity index (χ3v) is 3.83. The number of nitrogens with one attached hydrogen (secondary N) is 1. The monoisotopic (exact) mass is 241 g/mol. The Labute approximate surface area is 108 Å². The smallest absolute Gasteiger partial charge is 0.0497 e. The number of benzene rings is 1. The fraction of sp³-hybridized carbons (Fsp3) is 0.400. The molecule has 0 saturated carbocycles. The van der Waals surface area contributed by atoms with Crippen LogP contribution in [0, 0.1) is 0 Å². The number of hydrogen-bond acceptors (Lipinski definition) is 3. The molecule has 1 aromatic carbocycles. The van der Waals surface area contributed by atoms with Crippen LogP contribution in [0.3, 0.4) is 0 Å². The minimum absolute atomic E-state index is 0.553. The van der Waals surface area contributed by atoms with E-state index in [0.29, 0.717) is 6.04 Å². The number of piperazine rings is 1. The number of nitrogens with zero attached hydrogens (tertiary/aromatic N) is 2. The lowest BCUT2D eigenvalue weighted by atomic mass is 10.0. The van der Waals surface area contributed by atoms with Crippen LogP contribution in [0.5, 0.6) is 0 Å². The highest BCUT2D eigenvalue weighted by Gasteiger charge is 2.19. The van der Waals surface area contributed by atoms with Gasteiger partial charge in [0, 0.05) is 49.4 Å². The standard InChI is InChI=1S/C15H19N3/c1-18-9-8-16-11-13(18)10-15-14-5-3-2-4-12(14)6-7-17-15/h2-7,13,16H,8-11H2,1H3. The summed E-state index contributed by atoms with van der Waals surface area (Å²) in [6.45, 7) is 3.27. The highest BCUT2D eigenvalue weighted by molar-refractivity contribution is 5.84. The number of pyridine rings is 1. The molecule has 1 atom stereocenters. The number of fused-ring (bicyclic) bond motifs is 1. The quantitative estimate of drug-likeness (QED) is 0.867. The molecule has 1 saturated heterocycles. The van der Waals surface area contributed by atoms with Gasteiger partial charge in [-0.25, -0.2) is 0 Å². The summed E-state index contributed by atoms with van der Waals surface area (Å²) in [6, 6.07) is 11.1. The summed E-state index contributed by atoms with van der Waals surface area (Å²) in [5.41, 5.74) is 1.22. The maximum Gasteiger partial charge on any atom is 0.0497 e. The zero-order valence-corrected chi connectivity index (χ0v) is 10.8. The first kappa shape index (κ1) is 11.6. The van der Waals surface area contributed by atoms with Gasteiger partial charge in [-0.05, 0) is 18.5 Å². The molecule has 1 aliphatic rings. The zero-order valence-electron chi connectivity index (χ0n) is 10.8. The largest absolute Gasteiger partial charge is 0.314 e. The van der Waals surface area contributed by atoms with E-state index in [1.165, 1.54) is 16.5 Å². The summed E-state index contributed by atoms with van der Waals surface area (Å²) in [6.07, 6.45) is 2.94. The van der Waals surface area contributed by atoms with Crippen molar-refractivity contribution in [2.24, 2.45) is 0 Å². The second-order valence-corrected chi connectivity index (χ2v) is 5.02. The first-order chi connectivity index (χ1) is 8.84. The van der Waals surface area contributed by atoms with E-state index in [-0.39, 0.29) is 0 Å². The average Bonchev–Trinajstić information content (AvgIpc) is 2.42. The van der Waals surface area contributed by atoms with E-state index < -0.39 is 0 Å². The molecule has 2 aromatic rings. The fourth-order valence-electron chi connectivity index (χ4n) is 2.66. The predicted molar refractivity (Wildman–Crippen MR) is 74.7 cm³/mol. The Morgan fingerprint density at radius 2 is 2.22 bits per heavy atom. The van der Waals surface area contributed by atoms with Crippen molar-refractivity contribution < 1.29 is 0 Å². The molecule has 0 bridgehead atoms. The van der Waals surface area contributed by atoms with E-state index in [1.54, 1.807) is 0 Å². The van der Waals surface area contributed by atoms with Crippen LogP contribution in [0.2, 0.25) is 0 Å². The predicted octanol–water partition coefficient (Wildman–Crippen LogP) is 1.68. The van der Waals surface area contributed by atoms with Crippen molar-refractivity contribution >= 4 is 10.8 Å². The minimum Gasteiger partial charge on any atom is -0.314 e. The van der Waals surface area contributed by atoms with E-state index in [0.717, 1.165) is 26.1 Å². The van der Waals surface area contributed by atoms with Crippen molar-refractivity contribution in [1.29, 1.82) is 0 Å². The average molecular weight is 241 g/mol. The third-order valence-electron chi connectivity index (χ3n) is 3.83. The Balaban J connectivity index is 1.90. The van der Waals surface area contributed by atoms with Crippen molar-refractivity contribution in [3.05, 3.63) is 42.2 Å². The van der Waals surface area contributed by atoms with Gasteiger partial charge in [0.2, 0.25) is 0 Å². The van der Waals surface area contributed by atoms with E-state index in [1.807, 2.05) is 6.20 Å². The normalized spacial score (nSPS) is 21.3. The van der Waals surface area contributed by atoms with Crippen LogP contribution in [0.25, 0.3) is 10.8 Å². The van der Waals surface area contributed by atoms with Gasteiger partial charge in [-0.3, -0.25) is 4.98 Å². The summed E-state index contributed by atoms with van der Waals surface area (Å²) < 4.78 is 0. The van der Waals surface area contributed by atoms with Gasteiger partial charge in [0.15, 0.2) is 0 Å². The molecule has 0 spiro atoms. The van der Waals surface area contributed by atoms with Crippen LogP contribution < -0.4 is 5.32 Å². The minimum atomic E-state index is 0.553. The van der Waals surface area contributed by atoms with Crippen LogP contribution in [-0.2, 0) is 6.42 Å². The number of aromatic nitrogens is 1. The number of hydrogen-bond donors (Lipinski definition) is 1. The summed E-state index contributed by atoms with van der Waals surface area (Å²) in [5, 5.41) is 6.04. The maximum absolute atomic E-state index is 4.58. The highest BCUT2D eigenvalue weighted by Crippen LogP contribution is 2.18. The molecule has 0 aliphatic carbocycles. The van der Waals surface area contributed by atoms with Crippen molar-refractivity contribution in [3.8, 4) is 0 Å². The highest BCUT2D eigenvalue weighted by atomic mass is 15.2. The summed E-state index contributed by atoms with van der Waals surface area (Å²) >= 11 is 0. The van der Waals surface area contributed by atoms with Gasteiger partial charge in [0.05, 0.1) is 0 Å². The van der Waals surface area contributed by atoms with Gasteiger partial charge in [0.25, 0.3) is 0 Å². The van der Waals surface area contributed by atoms with E-state index in [4.69, 9.17) is 0 Å². The maximum atomic E-state index is 4.58. The number of rotatable bonds is 2. The molecular weight excluding hydrogens is 222 g/mol. The zero-order chi connectivity index (χ0) is 12.4. The van der Waals surface area contributed by atoms with E-state index >= 15 is 0 Å². The molecule has 1 aromatic heterocycles. The molecular formula is C15H19N3. The van der Waals surface area contributed by atoms with Gasteiger partial charge in [-0.2, -0.15) is 0 Å². The molecule has 3 rings (SSSR count). The molecule has 0 radical (unpaired) electrons. The van der Waals surface area contributed by atoms with Gasteiger partial charge < -0.3 is 10.2 Å². The van der Waals surface area contributed by atoms with Gasteiger partial charge >= 0.3 is 0 Å². The molecule has 0 amide bonds. The Bertz CT molecular complexity index is 533. The van der Waals surface area contributed by atoms with Gasteiger partial charge in [0.1, 0.15) is 0 Å². The van der Waals surface area contributed by atoms with Crippen LogP contribution in [-0.4, -0.2) is 42.6 Å². The molecule has 2 heterocycles. The van der Waals surface area contributed by atoms with Crippen LogP contribution in [0.1, 0.15) is 5.69 Å². The molecule has 94 valence electrons. The molecule has 1 fully saturated rings. The van der Waals surface area contributed by atoms with Gasteiger partial charge in [-0.15, -0.1) is 0 Å².